The molecule has 3 aromatic rings. The van der Waals surface area contributed by atoms with E-state index in [1.165, 1.54) is 16.7 Å². The number of carbonyl (C=O) groups is 1. The molecule has 2 aromatic carbocycles. The van der Waals surface area contributed by atoms with Gasteiger partial charge in [0.05, 0.1) is 5.56 Å². The van der Waals surface area contributed by atoms with Gasteiger partial charge in [0.25, 0.3) is 0 Å². The number of benzene rings is 2. The van der Waals surface area contributed by atoms with Crippen molar-refractivity contribution in [2.24, 2.45) is 0 Å². The summed E-state index contributed by atoms with van der Waals surface area (Å²) in [6, 6.07) is 12.2. The zero-order valence-electron chi connectivity index (χ0n) is 11.4. The molecule has 20 heavy (non-hydrogen) atoms. The fourth-order valence-electron chi connectivity index (χ4n) is 2.52. The van der Waals surface area contributed by atoms with E-state index < -0.39 is 5.97 Å². The van der Waals surface area contributed by atoms with Crippen molar-refractivity contribution in [3.8, 4) is 11.1 Å². The number of H-pyrrole nitrogens is 1. The van der Waals surface area contributed by atoms with Gasteiger partial charge in [-0.2, -0.15) is 0 Å². The van der Waals surface area contributed by atoms with Crippen LogP contribution in [0.15, 0.2) is 42.6 Å². The van der Waals surface area contributed by atoms with E-state index in [0.29, 0.717) is 5.56 Å². The number of aromatic amines is 1. The number of nitrogens with one attached hydrogen (secondary N) is 1. The van der Waals surface area contributed by atoms with E-state index in [2.05, 4.69) is 37.0 Å². The molecule has 0 atom stereocenters. The van der Waals surface area contributed by atoms with Crippen molar-refractivity contribution in [1.82, 2.24) is 4.98 Å². The summed E-state index contributed by atoms with van der Waals surface area (Å²) >= 11 is 0. The number of carboxylic acids is 1. The molecule has 1 aromatic heterocycles. The largest absolute Gasteiger partial charge is 0.478 e. The molecule has 0 amide bonds. The number of hydrogen-bond donors (Lipinski definition) is 2. The normalized spacial score (nSPS) is 10.9. The lowest BCUT2D eigenvalue weighted by atomic mass is 9.97. The number of aryl methyl sites for hydroxylation is 2. The Morgan fingerprint density at radius 2 is 1.90 bits per heavy atom. The van der Waals surface area contributed by atoms with E-state index in [1.807, 2.05) is 18.2 Å². The second-order valence-electron chi connectivity index (χ2n) is 5.09. The fourth-order valence-corrected chi connectivity index (χ4v) is 2.52. The van der Waals surface area contributed by atoms with Crippen LogP contribution in [0.25, 0.3) is 22.0 Å². The Morgan fingerprint density at radius 1 is 1.10 bits per heavy atom. The molecule has 3 nitrogen and oxygen atoms in total. The standard InChI is InChI=1S/C17H15NO2/c1-10-3-4-11(2)14(7-10)12-5-6-13-15(17(19)20)9-18-16(13)8-12/h3-9,18H,1-2H3,(H,19,20). The molecule has 0 bridgehead atoms. The molecule has 0 unspecified atom stereocenters. The molecule has 0 saturated heterocycles. The van der Waals surface area contributed by atoms with E-state index in [-0.39, 0.29) is 0 Å². The number of carboxylic acid groups (broad SMARTS) is 1. The lowest BCUT2D eigenvalue weighted by molar-refractivity contribution is 0.0699. The summed E-state index contributed by atoms with van der Waals surface area (Å²) in [5.74, 6) is -0.907. The predicted molar refractivity (Wildman–Crippen MR) is 80.2 cm³/mol. The van der Waals surface area contributed by atoms with Crippen molar-refractivity contribution in [3.63, 3.8) is 0 Å². The lowest BCUT2D eigenvalue weighted by Crippen LogP contribution is -1.93. The molecule has 0 aliphatic heterocycles. The van der Waals surface area contributed by atoms with Crippen LogP contribution in [0, 0.1) is 13.8 Å². The molecule has 0 fully saturated rings. The Balaban J connectivity index is 2.19. The number of hydrogen-bond acceptors (Lipinski definition) is 1. The van der Waals surface area contributed by atoms with Crippen LogP contribution in [-0.4, -0.2) is 16.1 Å². The second-order valence-corrected chi connectivity index (χ2v) is 5.09. The topological polar surface area (TPSA) is 53.1 Å². The van der Waals surface area contributed by atoms with Gasteiger partial charge < -0.3 is 10.1 Å². The van der Waals surface area contributed by atoms with Crippen molar-refractivity contribution in [3.05, 3.63) is 59.3 Å². The zero-order chi connectivity index (χ0) is 14.3. The third-order valence-corrected chi connectivity index (χ3v) is 3.62. The monoisotopic (exact) mass is 265 g/mol. The van der Waals surface area contributed by atoms with Gasteiger partial charge in [-0.3, -0.25) is 0 Å². The Labute approximate surface area is 116 Å². The molecular formula is C17H15NO2. The van der Waals surface area contributed by atoms with Crippen LogP contribution in [0.1, 0.15) is 21.5 Å². The van der Waals surface area contributed by atoms with Crippen molar-refractivity contribution in [1.29, 1.82) is 0 Å². The number of aromatic nitrogens is 1. The smallest absolute Gasteiger partial charge is 0.337 e. The summed E-state index contributed by atoms with van der Waals surface area (Å²) in [5, 5.41) is 9.86. The van der Waals surface area contributed by atoms with Crippen LogP contribution >= 0.6 is 0 Å². The predicted octanol–water partition coefficient (Wildman–Crippen LogP) is 4.15. The van der Waals surface area contributed by atoms with Crippen molar-refractivity contribution < 1.29 is 9.90 Å². The van der Waals surface area contributed by atoms with Crippen molar-refractivity contribution in [2.45, 2.75) is 13.8 Å². The maximum Gasteiger partial charge on any atom is 0.337 e. The summed E-state index contributed by atoms with van der Waals surface area (Å²) in [6.07, 6.45) is 1.54. The molecule has 1 heterocycles. The van der Waals surface area contributed by atoms with Gasteiger partial charge in [-0.15, -0.1) is 0 Å². The second kappa shape index (κ2) is 4.53. The Kier molecular flexibility index (Phi) is 2.83. The first-order valence-corrected chi connectivity index (χ1v) is 6.48. The maximum atomic E-state index is 11.1. The molecule has 0 aliphatic rings. The van der Waals surface area contributed by atoms with Gasteiger partial charge in [-0.25, -0.2) is 4.79 Å². The highest BCUT2D eigenvalue weighted by Crippen LogP contribution is 2.28. The Morgan fingerprint density at radius 3 is 2.65 bits per heavy atom. The third kappa shape index (κ3) is 1.97. The molecule has 3 rings (SSSR count). The highest BCUT2D eigenvalue weighted by molar-refractivity contribution is 6.04. The third-order valence-electron chi connectivity index (χ3n) is 3.62. The summed E-state index contributed by atoms with van der Waals surface area (Å²) in [6.45, 7) is 4.15. The maximum absolute atomic E-state index is 11.1. The molecule has 0 radical (unpaired) electrons. The Hall–Kier alpha value is -2.55. The summed E-state index contributed by atoms with van der Waals surface area (Å²) in [7, 11) is 0. The van der Waals surface area contributed by atoms with E-state index in [1.54, 1.807) is 6.20 Å². The van der Waals surface area contributed by atoms with Gasteiger partial charge >= 0.3 is 5.97 Å². The average Bonchev–Trinajstić information content (AvgIpc) is 2.84. The number of aromatic carboxylic acids is 1. The number of fused-ring (bicyclic) bond motifs is 1. The molecule has 0 aliphatic carbocycles. The average molecular weight is 265 g/mol. The minimum Gasteiger partial charge on any atom is -0.478 e. The first-order chi connectivity index (χ1) is 9.56. The summed E-state index contributed by atoms with van der Waals surface area (Å²) in [4.78, 5) is 14.1. The lowest BCUT2D eigenvalue weighted by Gasteiger charge is -2.07. The minimum absolute atomic E-state index is 0.313. The van der Waals surface area contributed by atoms with Gasteiger partial charge in [0.2, 0.25) is 0 Å². The van der Waals surface area contributed by atoms with Gasteiger partial charge in [0, 0.05) is 17.1 Å². The molecular weight excluding hydrogens is 250 g/mol. The van der Waals surface area contributed by atoms with E-state index in [9.17, 15) is 4.79 Å². The molecule has 100 valence electrons. The van der Waals surface area contributed by atoms with Gasteiger partial charge in [0.15, 0.2) is 0 Å². The molecule has 0 spiro atoms. The van der Waals surface area contributed by atoms with Crippen molar-refractivity contribution in [2.75, 3.05) is 0 Å². The van der Waals surface area contributed by atoms with Gasteiger partial charge in [-0.1, -0.05) is 35.9 Å². The minimum atomic E-state index is -0.907. The SMILES string of the molecule is Cc1ccc(C)c(-c2ccc3c(C(=O)O)c[nH]c3c2)c1. The Bertz CT molecular complexity index is 815. The summed E-state index contributed by atoms with van der Waals surface area (Å²) < 4.78 is 0. The molecule has 0 saturated carbocycles. The molecule has 3 heteroatoms. The van der Waals surface area contributed by atoms with Crippen LogP contribution in [0.3, 0.4) is 0 Å². The van der Waals surface area contributed by atoms with E-state index in [0.717, 1.165) is 16.5 Å². The summed E-state index contributed by atoms with van der Waals surface area (Å²) in [5.41, 5.74) is 5.85. The van der Waals surface area contributed by atoms with E-state index in [4.69, 9.17) is 5.11 Å². The van der Waals surface area contributed by atoms with Crippen LogP contribution in [-0.2, 0) is 0 Å². The molecule has 2 N–H and O–H groups in total. The first kappa shape index (κ1) is 12.5. The fraction of sp³-hybridized carbons (Fsp3) is 0.118. The van der Waals surface area contributed by atoms with Gasteiger partial charge in [-0.05, 0) is 36.6 Å². The van der Waals surface area contributed by atoms with Crippen LogP contribution < -0.4 is 0 Å². The first-order valence-electron chi connectivity index (χ1n) is 6.48. The van der Waals surface area contributed by atoms with E-state index >= 15 is 0 Å². The van der Waals surface area contributed by atoms with Crippen molar-refractivity contribution >= 4 is 16.9 Å². The highest BCUT2D eigenvalue weighted by Gasteiger charge is 2.11. The quantitative estimate of drug-likeness (QED) is 0.731. The van der Waals surface area contributed by atoms with Gasteiger partial charge in [0.1, 0.15) is 0 Å². The van der Waals surface area contributed by atoms with Crippen LogP contribution in [0.5, 0.6) is 0 Å². The van der Waals surface area contributed by atoms with Crippen LogP contribution in [0.4, 0.5) is 0 Å². The van der Waals surface area contributed by atoms with Crippen LogP contribution in [0.2, 0.25) is 0 Å². The number of rotatable bonds is 2. The zero-order valence-corrected chi connectivity index (χ0v) is 11.4. The highest BCUT2D eigenvalue weighted by atomic mass is 16.4.